The second-order valence-corrected chi connectivity index (χ2v) is 4.18. The van der Waals surface area contributed by atoms with Gasteiger partial charge in [-0.15, -0.1) is 0 Å². The van der Waals surface area contributed by atoms with Crippen LogP contribution in [0.25, 0.3) is 11.0 Å². The number of hydrogen-bond donors (Lipinski definition) is 1. The van der Waals surface area contributed by atoms with Crippen LogP contribution in [0.1, 0.15) is 5.56 Å². The third-order valence-electron chi connectivity index (χ3n) is 3.03. The van der Waals surface area contributed by atoms with Crippen LogP contribution in [0.15, 0.2) is 33.5 Å². The van der Waals surface area contributed by atoms with E-state index in [9.17, 15) is 4.79 Å². The second kappa shape index (κ2) is 5.86. The Hall–Kier alpha value is -1.85. The van der Waals surface area contributed by atoms with E-state index in [0.29, 0.717) is 23.3 Å². The van der Waals surface area contributed by atoms with Crippen LogP contribution in [0, 0.1) is 0 Å². The van der Waals surface area contributed by atoms with Gasteiger partial charge in [0.1, 0.15) is 17.6 Å². The monoisotopic (exact) mass is 263 g/mol. The number of benzene rings is 1. The lowest BCUT2D eigenvalue weighted by atomic mass is 10.1. The molecule has 0 aliphatic heterocycles. The largest absolute Gasteiger partial charge is 0.497 e. The molecule has 0 bridgehead atoms. The summed E-state index contributed by atoms with van der Waals surface area (Å²) in [5.74, 6) is 0.661. The fraction of sp³-hybridized carbons (Fsp3) is 0.357. The summed E-state index contributed by atoms with van der Waals surface area (Å²) in [7, 11) is 4.94. The molecule has 0 unspecified atom stereocenters. The first kappa shape index (κ1) is 13.6. The summed E-state index contributed by atoms with van der Waals surface area (Å²) in [6.45, 7) is 0. The molecule has 1 heterocycles. The van der Waals surface area contributed by atoms with Crippen molar-refractivity contribution in [3.8, 4) is 5.75 Å². The Morgan fingerprint density at radius 1 is 1.32 bits per heavy atom. The summed E-state index contributed by atoms with van der Waals surface area (Å²) in [5.41, 5.74) is 0.753. The molecule has 5 nitrogen and oxygen atoms in total. The molecule has 0 saturated carbocycles. The third kappa shape index (κ3) is 2.94. The highest BCUT2D eigenvalue weighted by molar-refractivity contribution is 5.78. The summed E-state index contributed by atoms with van der Waals surface area (Å²) in [6.07, 6.45) is 0.246. The molecule has 0 fully saturated rings. The third-order valence-corrected chi connectivity index (χ3v) is 3.03. The van der Waals surface area contributed by atoms with Crippen molar-refractivity contribution < 1.29 is 13.9 Å². The van der Waals surface area contributed by atoms with Gasteiger partial charge in [-0.05, 0) is 25.2 Å². The van der Waals surface area contributed by atoms with Crippen molar-refractivity contribution in [3.05, 3.63) is 40.2 Å². The topological polar surface area (TPSA) is 60.7 Å². The molecule has 0 saturated heterocycles. The van der Waals surface area contributed by atoms with Gasteiger partial charge in [0.2, 0.25) is 0 Å². The van der Waals surface area contributed by atoms with E-state index in [-0.39, 0.29) is 11.9 Å². The average molecular weight is 263 g/mol. The van der Waals surface area contributed by atoms with Gasteiger partial charge in [0, 0.05) is 30.5 Å². The van der Waals surface area contributed by atoms with E-state index >= 15 is 0 Å². The van der Waals surface area contributed by atoms with E-state index in [2.05, 4.69) is 5.32 Å². The van der Waals surface area contributed by atoms with Gasteiger partial charge < -0.3 is 13.9 Å². The molecule has 2 rings (SSSR count). The van der Waals surface area contributed by atoms with Crippen LogP contribution in [0.3, 0.4) is 0 Å². The Bertz CT molecular complexity index is 616. The van der Waals surface area contributed by atoms with Crippen molar-refractivity contribution in [1.29, 1.82) is 0 Å². The highest BCUT2D eigenvalue weighted by Gasteiger charge is 2.11. The van der Waals surface area contributed by atoms with Crippen molar-refractivity contribution in [2.24, 2.45) is 0 Å². The molecule has 0 amide bonds. The number of hydrogen-bond acceptors (Lipinski definition) is 5. The van der Waals surface area contributed by atoms with Crippen LogP contribution in [-0.2, 0) is 11.2 Å². The van der Waals surface area contributed by atoms with E-state index < -0.39 is 0 Å². The van der Waals surface area contributed by atoms with Crippen LogP contribution in [0.2, 0.25) is 0 Å². The molecule has 1 aromatic heterocycles. The molecule has 0 spiro atoms. The van der Waals surface area contributed by atoms with E-state index in [1.54, 1.807) is 27.3 Å². The zero-order valence-electron chi connectivity index (χ0n) is 11.2. The van der Waals surface area contributed by atoms with Crippen molar-refractivity contribution in [2.45, 2.75) is 12.6 Å². The lowest BCUT2D eigenvalue weighted by molar-refractivity contribution is 0.0806. The summed E-state index contributed by atoms with van der Waals surface area (Å²) in [5, 5.41) is 3.83. The maximum atomic E-state index is 11.9. The fourth-order valence-corrected chi connectivity index (χ4v) is 1.91. The molecule has 1 atom stereocenters. The maximum absolute atomic E-state index is 11.9. The molecule has 0 radical (unpaired) electrons. The lowest BCUT2D eigenvalue weighted by Gasteiger charge is -2.13. The first-order valence-corrected chi connectivity index (χ1v) is 5.98. The summed E-state index contributed by atoms with van der Waals surface area (Å²) < 4.78 is 15.6. The normalized spacial score (nSPS) is 12.6. The first-order valence-electron chi connectivity index (χ1n) is 5.98. The zero-order chi connectivity index (χ0) is 13.8. The number of nitrogens with one attached hydrogen (secondary N) is 1. The molecule has 0 aliphatic rings. The molecular formula is C14H17NO4. The molecule has 2 aromatic rings. The Morgan fingerprint density at radius 2 is 2.11 bits per heavy atom. The average Bonchev–Trinajstić information content (AvgIpc) is 2.44. The Labute approximate surface area is 111 Å². The molecular weight excluding hydrogens is 246 g/mol. The van der Waals surface area contributed by atoms with Gasteiger partial charge in [0.25, 0.3) is 0 Å². The quantitative estimate of drug-likeness (QED) is 0.655. The predicted molar refractivity (Wildman–Crippen MR) is 72.6 cm³/mol. The van der Waals surface area contributed by atoms with E-state index in [4.69, 9.17) is 13.9 Å². The predicted octanol–water partition coefficient (Wildman–Crippen LogP) is 1.54. The highest BCUT2D eigenvalue weighted by atomic mass is 16.5. The smallest absolute Gasteiger partial charge is 0.339 e. The minimum atomic E-state index is -0.349. The van der Waals surface area contributed by atoms with E-state index in [1.807, 2.05) is 18.2 Å². The van der Waals surface area contributed by atoms with Crippen molar-refractivity contribution in [2.75, 3.05) is 21.3 Å². The molecule has 1 aromatic carbocycles. The van der Waals surface area contributed by atoms with Gasteiger partial charge in [-0.1, -0.05) is 0 Å². The SMILES string of the molecule is CN[C@@H](Cc1cc2ccc(OC)cc2oc1=O)OC. The summed E-state index contributed by atoms with van der Waals surface area (Å²) in [4.78, 5) is 11.9. The first-order chi connectivity index (χ1) is 9.17. The Balaban J connectivity index is 2.41. The van der Waals surface area contributed by atoms with Crippen molar-refractivity contribution >= 4 is 11.0 Å². The van der Waals surface area contributed by atoms with Gasteiger partial charge in [0.05, 0.1) is 7.11 Å². The maximum Gasteiger partial charge on any atom is 0.339 e. The summed E-state index contributed by atoms with van der Waals surface area (Å²) >= 11 is 0. The van der Waals surface area contributed by atoms with Gasteiger partial charge in [-0.3, -0.25) is 5.32 Å². The molecule has 1 N–H and O–H groups in total. The van der Waals surface area contributed by atoms with E-state index in [1.165, 1.54) is 0 Å². The van der Waals surface area contributed by atoms with Crippen LogP contribution < -0.4 is 15.7 Å². The van der Waals surface area contributed by atoms with Crippen LogP contribution >= 0.6 is 0 Å². The Morgan fingerprint density at radius 3 is 2.74 bits per heavy atom. The highest BCUT2D eigenvalue weighted by Crippen LogP contribution is 2.20. The van der Waals surface area contributed by atoms with Crippen molar-refractivity contribution in [1.82, 2.24) is 5.32 Å². The summed E-state index contributed by atoms with van der Waals surface area (Å²) in [6, 6.07) is 7.22. The van der Waals surface area contributed by atoms with Gasteiger partial charge >= 0.3 is 5.63 Å². The minimum absolute atomic E-state index is 0.210. The number of likely N-dealkylation sites (N-methyl/N-ethyl adjacent to an activating group) is 1. The zero-order valence-corrected chi connectivity index (χ0v) is 11.2. The molecule has 0 aliphatic carbocycles. The minimum Gasteiger partial charge on any atom is -0.497 e. The number of methoxy groups -OCH3 is 2. The lowest BCUT2D eigenvalue weighted by Crippen LogP contribution is -2.31. The van der Waals surface area contributed by atoms with Gasteiger partial charge in [0.15, 0.2) is 0 Å². The van der Waals surface area contributed by atoms with Crippen LogP contribution in [0.4, 0.5) is 0 Å². The number of ether oxygens (including phenoxy) is 2. The van der Waals surface area contributed by atoms with Crippen LogP contribution in [-0.4, -0.2) is 27.5 Å². The number of rotatable bonds is 5. The number of fused-ring (bicyclic) bond motifs is 1. The Kier molecular flexibility index (Phi) is 4.19. The molecule has 102 valence electrons. The van der Waals surface area contributed by atoms with Crippen LogP contribution in [0.5, 0.6) is 5.75 Å². The second-order valence-electron chi connectivity index (χ2n) is 4.18. The fourth-order valence-electron chi connectivity index (χ4n) is 1.91. The van der Waals surface area contributed by atoms with E-state index in [0.717, 1.165) is 5.39 Å². The van der Waals surface area contributed by atoms with Crippen molar-refractivity contribution in [3.63, 3.8) is 0 Å². The standard InChI is InChI=1S/C14H17NO4/c1-15-13(18-3)7-10-6-9-4-5-11(17-2)8-12(9)19-14(10)16/h4-6,8,13,15H,7H2,1-3H3/t13-/m1/s1. The van der Waals surface area contributed by atoms with Gasteiger partial charge in [-0.2, -0.15) is 0 Å². The molecule has 19 heavy (non-hydrogen) atoms. The molecule has 5 heteroatoms. The van der Waals surface area contributed by atoms with Gasteiger partial charge in [-0.25, -0.2) is 4.79 Å².